The number of methoxy groups -OCH3 is 2. The predicted molar refractivity (Wildman–Crippen MR) is 255 cm³/mol. The molecule has 69 heavy (non-hydrogen) atoms. The fourth-order valence-corrected chi connectivity index (χ4v) is 11.9. The van der Waals surface area contributed by atoms with Crippen molar-refractivity contribution >= 4 is 70.7 Å². The van der Waals surface area contributed by atoms with Gasteiger partial charge in [-0.15, -0.1) is 11.8 Å². The Labute approximate surface area is 412 Å². The number of aliphatic carboxylic acids is 1. The maximum Gasteiger partial charge on any atom is 0.409 e. The topological polar surface area (TPSA) is 239 Å². The molecule has 4 fully saturated rings. The molecule has 0 aromatic heterocycles. The van der Waals surface area contributed by atoms with Gasteiger partial charge in [0.05, 0.1) is 37.2 Å². The predicted octanol–water partition coefficient (Wildman–Crippen LogP) is 5.03. The molecule has 2 saturated heterocycles. The second-order valence-electron chi connectivity index (χ2n) is 20.0. The average Bonchev–Trinajstić information content (AvgIpc) is 3.82. The number of carbonyl (C=O) groups excluding carboxylic acids is 6. The number of carboxylic acids is 1. The third kappa shape index (κ3) is 11.1. The minimum absolute atomic E-state index is 0.00139. The fraction of sp³-hybridized carbons (Fsp3) is 0.653. The van der Waals surface area contributed by atoms with Gasteiger partial charge in [-0.3, -0.25) is 34.2 Å². The molecule has 380 valence electrons. The normalized spacial score (nSPS) is 34.6. The maximum absolute atomic E-state index is 14.4. The summed E-state index contributed by atoms with van der Waals surface area (Å²) in [6.45, 7) is 8.58. The number of esters is 1. The van der Waals surface area contributed by atoms with Crippen LogP contribution in [0.3, 0.4) is 0 Å². The van der Waals surface area contributed by atoms with Gasteiger partial charge >= 0.3 is 18.0 Å². The molecule has 2 saturated carbocycles. The SMILES string of the molecule is COc1cc2cc(c1Cl)N(C)C(=O)C[C@H](OC(=O)[C@H](C)N(C)C(=O)CCS[C@@]1(C)CC(=O)N(CC3CCC(C(=O)O)CC3)C1=O)[C@]1(C)C[C@@]1(O)[C@H](C)[C@@H]1C[C@@](O)(NC(=O)O1)[C@H](OC)/C=C/C=C(\C)C2. The summed E-state index contributed by atoms with van der Waals surface area (Å²) in [4.78, 5) is 97.2. The van der Waals surface area contributed by atoms with Crippen LogP contribution in [0, 0.1) is 23.2 Å². The number of benzene rings is 1. The van der Waals surface area contributed by atoms with E-state index in [0.29, 0.717) is 43.5 Å². The largest absolute Gasteiger partial charge is 0.495 e. The number of amides is 5. The second-order valence-corrected chi connectivity index (χ2v) is 22.0. The minimum Gasteiger partial charge on any atom is -0.495 e. The van der Waals surface area contributed by atoms with Crippen LogP contribution in [0.4, 0.5) is 10.5 Å². The molecule has 3 heterocycles. The van der Waals surface area contributed by atoms with E-state index in [1.807, 2.05) is 13.0 Å². The summed E-state index contributed by atoms with van der Waals surface area (Å²) < 4.78 is 22.0. The fourth-order valence-electron chi connectivity index (χ4n) is 10.4. The lowest BCUT2D eigenvalue weighted by molar-refractivity contribution is -0.167. The number of hydrogen-bond donors (Lipinski definition) is 4. The molecule has 0 radical (unpaired) electrons. The van der Waals surface area contributed by atoms with Crippen molar-refractivity contribution in [3.63, 3.8) is 0 Å². The van der Waals surface area contributed by atoms with Crippen molar-refractivity contribution in [1.29, 1.82) is 0 Å². The summed E-state index contributed by atoms with van der Waals surface area (Å²) in [6.07, 6.45) is 2.66. The van der Waals surface area contributed by atoms with E-state index in [2.05, 4.69) is 5.32 Å². The van der Waals surface area contributed by atoms with Gasteiger partial charge in [0, 0.05) is 57.7 Å². The summed E-state index contributed by atoms with van der Waals surface area (Å²) in [5.74, 6) is -4.11. The van der Waals surface area contributed by atoms with Gasteiger partial charge < -0.3 is 44.1 Å². The lowest BCUT2D eigenvalue weighted by Crippen LogP contribution is -2.64. The van der Waals surface area contributed by atoms with E-state index >= 15 is 0 Å². The molecule has 3 aliphatic heterocycles. The number of hydrogen-bond acceptors (Lipinski definition) is 14. The van der Waals surface area contributed by atoms with Gasteiger partial charge in [-0.2, -0.15) is 0 Å². The molecule has 5 amide bonds. The van der Waals surface area contributed by atoms with Gasteiger partial charge in [0.2, 0.25) is 23.6 Å². The number of allylic oxidation sites excluding steroid dienone is 3. The monoisotopic (exact) mass is 1000 g/mol. The van der Waals surface area contributed by atoms with Crippen LogP contribution >= 0.6 is 23.4 Å². The van der Waals surface area contributed by atoms with Gasteiger partial charge in [0.15, 0.2) is 5.72 Å². The Kier molecular flexibility index (Phi) is 16.3. The standard InChI is InChI=1S/C49H67ClN4O14S/c1-27-11-10-12-36(66-9)49(64)23-35(67-45(62)51-49)28(2)48(63)26-46(48,4)37(22-39(56)53(7)33-20-31(19-27)21-34(65-8)41(33)50)68-43(60)29(3)52(6)38(55)17-18-69-47(5)24-40(57)54(44(47)61)25-30-13-15-32(16-14-30)42(58)59/h10-12,20-21,28-30,32,35-37,63-64H,13-19,22-26H2,1-9H3,(H,51,62)(H,58,59)/b12-10+,27-11+/t28-,29+,30?,32?,35+,36-,37+,46+,47+,48-,49+/m1/s1. The van der Waals surface area contributed by atoms with Crippen LogP contribution in [0.5, 0.6) is 5.75 Å². The summed E-state index contributed by atoms with van der Waals surface area (Å²) in [6, 6.07) is 2.33. The van der Waals surface area contributed by atoms with Crippen LogP contribution in [0.25, 0.3) is 0 Å². The Hall–Kier alpha value is -4.69. The molecule has 0 spiro atoms. The van der Waals surface area contributed by atoms with Crippen molar-refractivity contribution in [3.8, 4) is 5.75 Å². The van der Waals surface area contributed by atoms with Crippen molar-refractivity contribution in [2.45, 2.75) is 139 Å². The molecule has 18 nitrogen and oxygen atoms in total. The zero-order valence-corrected chi connectivity index (χ0v) is 42.4. The maximum atomic E-state index is 14.4. The lowest BCUT2D eigenvalue weighted by Gasteiger charge is -2.43. The number of rotatable bonds is 12. The van der Waals surface area contributed by atoms with Gasteiger partial charge in [-0.25, -0.2) is 9.59 Å². The molecule has 4 N–H and O–H groups in total. The van der Waals surface area contributed by atoms with E-state index in [-0.39, 0.29) is 60.7 Å². The Morgan fingerprint density at radius 2 is 1.75 bits per heavy atom. The highest BCUT2D eigenvalue weighted by atomic mass is 35.5. The van der Waals surface area contributed by atoms with Crippen LogP contribution < -0.4 is 15.0 Å². The summed E-state index contributed by atoms with van der Waals surface area (Å²) in [7, 11) is 5.80. The summed E-state index contributed by atoms with van der Waals surface area (Å²) >= 11 is 8.00. The van der Waals surface area contributed by atoms with Crippen LogP contribution in [-0.4, -0.2) is 148 Å². The van der Waals surface area contributed by atoms with Crippen molar-refractivity contribution in [2.75, 3.05) is 45.5 Å². The highest BCUT2D eigenvalue weighted by molar-refractivity contribution is 8.01. The Morgan fingerprint density at radius 1 is 1.07 bits per heavy atom. The molecule has 6 rings (SSSR count). The Bertz CT molecular complexity index is 2270. The zero-order valence-electron chi connectivity index (χ0n) is 40.9. The number of carboxylic acid groups (broad SMARTS) is 1. The lowest BCUT2D eigenvalue weighted by atomic mass is 9.81. The molecule has 0 unspecified atom stereocenters. The number of aliphatic hydroxyl groups is 2. The quantitative estimate of drug-likeness (QED) is 0.159. The number of likely N-dealkylation sites (tertiary alicyclic amines) is 1. The van der Waals surface area contributed by atoms with Crippen molar-refractivity contribution in [2.24, 2.45) is 23.2 Å². The van der Waals surface area contributed by atoms with E-state index in [1.54, 1.807) is 45.1 Å². The van der Waals surface area contributed by atoms with E-state index in [0.717, 1.165) is 11.1 Å². The number of fused-ring (bicyclic) bond motifs is 5. The molecular formula is C49H67ClN4O14S. The van der Waals surface area contributed by atoms with Crippen molar-refractivity contribution in [1.82, 2.24) is 15.1 Å². The Morgan fingerprint density at radius 3 is 2.39 bits per heavy atom. The molecule has 20 heteroatoms. The highest BCUT2D eigenvalue weighted by Gasteiger charge is 2.73. The van der Waals surface area contributed by atoms with Gasteiger partial charge in [-0.05, 0) is 82.9 Å². The number of imide groups is 1. The number of likely N-dealkylation sites (N-methyl/N-ethyl adjacent to an activating group) is 1. The number of anilines is 1. The number of halogens is 1. The third-order valence-corrected chi connectivity index (χ3v) is 17.1. The number of alkyl carbamates (subject to hydrolysis) is 1. The number of carbonyl (C=O) groups is 7. The van der Waals surface area contributed by atoms with Gasteiger partial charge in [-0.1, -0.05) is 49.2 Å². The van der Waals surface area contributed by atoms with E-state index in [4.69, 9.17) is 30.5 Å². The average molecular weight is 1000 g/mol. The van der Waals surface area contributed by atoms with Crippen molar-refractivity contribution in [3.05, 3.63) is 46.5 Å². The number of nitrogens with one attached hydrogen (secondary N) is 1. The first-order chi connectivity index (χ1) is 32.3. The van der Waals surface area contributed by atoms with Crippen LogP contribution in [0.15, 0.2) is 35.9 Å². The van der Waals surface area contributed by atoms with E-state index in [1.165, 1.54) is 61.7 Å². The third-order valence-electron chi connectivity index (χ3n) is 15.3. The first-order valence-electron chi connectivity index (χ1n) is 23.4. The molecule has 2 aliphatic carbocycles. The van der Waals surface area contributed by atoms with Crippen molar-refractivity contribution < 1.29 is 67.8 Å². The summed E-state index contributed by atoms with van der Waals surface area (Å²) in [5, 5.41) is 36.3. The molecule has 1 aromatic carbocycles. The van der Waals surface area contributed by atoms with Gasteiger partial charge in [0.25, 0.3) is 0 Å². The van der Waals surface area contributed by atoms with Gasteiger partial charge in [0.1, 0.15) is 39.9 Å². The second kappa shape index (κ2) is 21.0. The molecule has 9 atom stereocenters. The zero-order chi connectivity index (χ0) is 51.0. The molecule has 4 bridgehead atoms. The smallest absolute Gasteiger partial charge is 0.409 e. The highest BCUT2D eigenvalue weighted by Crippen LogP contribution is 2.65. The first-order valence-corrected chi connectivity index (χ1v) is 24.8. The van der Waals surface area contributed by atoms with Crippen LogP contribution in [-0.2, 0) is 49.4 Å². The minimum atomic E-state index is -1.95. The Balaban J connectivity index is 1.19. The molecule has 5 aliphatic rings. The van der Waals surface area contributed by atoms with E-state index < -0.39 is 93.9 Å². The molecule has 1 aromatic rings. The summed E-state index contributed by atoms with van der Waals surface area (Å²) in [5.41, 5.74) is -3.01. The van der Waals surface area contributed by atoms with E-state index in [9.17, 15) is 48.9 Å². The number of thioether (sulfide) groups is 1. The first kappa shape index (κ1) is 53.7. The van der Waals surface area contributed by atoms with Crippen LogP contribution in [0.2, 0.25) is 5.02 Å². The molecular weight excluding hydrogens is 936 g/mol. The number of nitrogens with zero attached hydrogens (tertiary/aromatic N) is 3. The number of ether oxygens (including phenoxy) is 4. The van der Waals surface area contributed by atoms with Crippen LogP contribution in [0.1, 0.15) is 98.0 Å².